The van der Waals surface area contributed by atoms with Crippen LogP contribution in [0.1, 0.15) is 20.7 Å². The summed E-state index contributed by atoms with van der Waals surface area (Å²) in [5.74, 6) is 0.931. The third-order valence-electron chi connectivity index (χ3n) is 2.58. The average molecular weight is 416 g/mol. The molecule has 23 heavy (non-hydrogen) atoms. The Hall–Kier alpha value is -1.79. The number of nitrogens with zero attached hydrogens (tertiary/aromatic N) is 3. The van der Waals surface area contributed by atoms with Crippen molar-refractivity contribution in [1.29, 1.82) is 0 Å². The normalized spacial score (nSPS) is 11.2. The molecule has 0 aliphatic heterocycles. The van der Waals surface area contributed by atoms with Gasteiger partial charge in [-0.25, -0.2) is 0 Å². The number of aliphatic imine (C=N–C) groups is 1. The van der Waals surface area contributed by atoms with E-state index >= 15 is 0 Å². The Balaban J connectivity index is 2.12. The molecule has 0 saturated carbocycles. The number of halogens is 2. The Morgan fingerprint density at radius 3 is 2.09 bits per heavy atom. The summed E-state index contributed by atoms with van der Waals surface area (Å²) >= 11 is 11.2. The molecule has 0 fully saturated rings. The summed E-state index contributed by atoms with van der Waals surface area (Å²) in [6.07, 6.45) is 2.68. The number of aromatic nitrogens is 2. The molecule has 0 aromatic carbocycles. The van der Waals surface area contributed by atoms with Crippen LogP contribution in [0.3, 0.4) is 0 Å². The van der Waals surface area contributed by atoms with Gasteiger partial charge in [-0.3, -0.25) is 0 Å². The number of hydrogen-bond donors (Lipinski definition) is 1. The standard InChI is InChI=1S/C14H10Cl2N4O2Se/c1-23-14(19-12(21)8-2-4-10(15)17-6-8)20-13(22)9-3-5-11(16)18-7-9/h2-7H,1H3,(H,19,20,21,22). The van der Waals surface area contributed by atoms with Gasteiger partial charge < -0.3 is 0 Å². The molecule has 0 radical (unpaired) electrons. The van der Waals surface area contributed by atoms with Crippen LogP contribution in [0.2, 0.25) is 16.1 Å². The molecule has 0 saturated heterocycles. The average Bonchev–Trinajstić information content (AvgIpc) is 2.55. The van der Waals surface area contributed by atoms with Gasteiger partial charge in [0.15, 0.2) is 0 Å². The number of pyridine rings is 2. The van der Waals surface area contributed by atoms with Crippen LogP contribution in [0, 0.1) is 0 Å². The molecule has 0 aliphatic rings. The molecule has 9 heteroatoms. The number of nitrogens with one attached hydrogen (secondary N) is 1. The van der Waals surface area contributed by atoms with Crippen molar-refractivity contribution in [3.8, 4) is 0 Å². The molecule has 0 atom stereocenters. The molecule has 0 spiro atoms. The zero-order valence-electron chi connectivity index (χ0n) is 11.8. The summed E-state index contributed by atoms with van der Waals surface area (Å²) in [5, 5.41) is 3.18. The van der Waals surface area contributed by atoms with Crippen LogP contribution in [-0.4, -0.2) is 41.5 Å². The van der Waals surface area contributed by atoms with E-state index in [9.17, 15) is 9.59 Å². The summed E-state index contributed by atoms with van der Waals surface area (Å²) in [5.41, 5.74) is 0.616. The van der Waals surface area contributed by atoms with Crippen molar-refractivity contribution in [2.24, 2.45) is 4.99 Å². The van der Waals surface area contributed by atoms with Crippen LogP contribution >= 0.6 is 23.2 Å². The summed E-state index contributed by atoms with van der Waals surface area (Å²) < 4.78 is 0.303. The fraction of sp³-hybridized carbons (Fsp3) is 0.0714. The van der Waals surface area contributed by atoms with Gasteiger partial charge in [0.05, 0.1) is 0 Å². The number of carbonyl (C=O) groups is 2. The predicted octanol–water partition coefficient (Wildman–Crippen LogP) is 2.46. The summed E-state index contributed by atoms with van der Waals surface area (Å²) in [7, 11) is 0. The number of rotatable bonds is 3. The summed E-state index contributed by atoms with van der Waals surface area (Å²) in [6.45, 7) is 0. The van der Waals surface area contributed by atoms with Gasteiger partial charge in [-0.2, -0.15) is 0 Å². The molecule has 2 aromatic heterocycles. The van der Waals surface area contributed by atoms with E-state index < -0.39 is 11.8 Å². The molecule has 2 aromatic rings. The van der Waals surface area contributed by atoms with E-state index in [1.165, 1.54) is 36.7 Å². The Labute approximate surface area is 148 Å². The molecule has 2 rings (SSSR count). The van der Waals surface area contributed by atoms with E-state index in [-0.39, 0.29) is 20.1 Å². The second kappa shape index (κ2) is 8.17. The van der Waals surface area contributed by atoms with E-state index in [2.05, 4.69) is 20.3 Å². The minimum atomic E-state index is -0.498. The van der Waals surface area contributed by atoms with Crippen LogP contribution in [0.5, 0.6) is 0 Å². The topological polar surface area (TPSA) is 84.3 Å². The zero-order chi connectivity index (χ0) is 16.8. The third-order valence-corrected chi connectivity index (χ3v) is 4.24. The first-order valence-electron chi connectivity index (χ1n) is 6.21. The zero-order valence-corrected chi connectivity index (χ0v) is 15.0. The molecule has 1 N–H and O–H groups in total. The van der Waals surface area contributed by atoms with Crippen molar-refractivity contribution < 1.29 is 9.59 Å². The van der Waals surface area contributed by atoms with Crippen LogP contribution in [0.15, 0.2) is 41.7 Å². The third kappa shape index (κ3) is 5.11. The Morgan fingerprint density at radius 2 is 1.61 bits per heavy atom. The first kappa shape index (κ1) is 17.6. The van der Waals surface area contributed by atoms with Gasteiger partial charge in [-0.15, -0.1) is 0 Å². The molecule has 0 aliphatic carbocycles. The van der Waals surface area contributed by atoms with Gasteiger partial charge in [0.2, 0.25) is 0 Å². The van der Waals surface area contributed by atoms with Gasteiger partial charge >= 0.3 is 148 Å². The number of carbonyl (C=O) groups excluding carboxylic acids is 2. The van der Waals surface area contributed by atoms with E-state index in [0.717, 1.165) is 0 Å². The molecule has 0 bridgehead atoms. The predicted molar refractivity (Wildman–Crippen MR) is 89.3 cm³/mol. The molecular weight excluding hydrogens is 406 g/mol. The van der Waals surface area contributed by atoms with Crippen molar-refractivity contribution in [2.75, 3.05) is 0 Å². The van der Waals surface area contributed by atoms with Crippen molar-refractivity contribution in [1.82, 2.24) is 15.3 Å². The fourth-order valence-corrected chi connectivity index (χ4v) is 2.46. The quantitative estimate of drug-likeness (QED) is 0.361. The van der Waals surface area contributed by atoms with E-state index in [4.69, 9.17) is 23.2 Å². The summed E-state index contributed by atoms with van der Waals surface area (Å²) in [6, 6.07) is 6.07. The first-order valence-corrected chi connectivity index (χ1v) is 9.53. The van der Waals surface area contributed by atoms with Gasteiger partial charge in [-0.1, -0.05) is 0 Å². The molecular formula is C14H10Cl2N4O2Se. The van der Waals surface area contributed by atoms with Crippen molar-refractivity contribution >= 4 is 54.7 Å². The molecule has 2 amide bonds. The van der Waals surface area contributed by atoms with Crippen LogP contribution in [0.25, 0.3) is 0 Å². The monoisotopic (exact) mass is 416 g/mol. The Morgan fingerprint density at radius 1 is 1.04 bits per heavy atom. The van der Waals surface area contributed by atoms with E-state index in [1.807, 2.05) is 5.82 Å². The van der Waals surface area contributed by atoms with Crippen LogP contribution in [-0.2, 0) is 0 Å². The van der Waals surface area contributed by atoms with Gasteiger partial charge in [-0.05, 0) is 0 Å². The van der Waals surface area contributed by atoms with Crippen molar-refractivity contribution in [3.63, 3.8) is 0 Å². The van der Waals surface area contributed by atoms with Gasteiger partial charge in [0.1, 0.15) is 0 Å². The molecule has 0 unspecified atom stereocenters. The fourth-order valence-electron chi connectivity index (χ4n) is 1.46. The number of amidine groups is 1. The second-order valence-corrected chi connectivity index (χ2v) is 6.56. The molecule has 6 nitrogen and oxygen atoms in total. The van der Waals surface area contributed by atoms with Crippen molar-refractivity contribution in [2.45, 2.75) is 5.82 Å². The van der Waals surface area contributed by atoms with Crippen molar-refractivity contribution in [3.05, 3.63) is 58.1 Å². The minimum absolute atomic E-state index is 0.189. The van der Waals surface area contributed by atoms with Crippen LogP contribution in [0.4, 0.5) is 0 Å². The van der Waals surface area contributed by atoms with E-state index in [1.54, 1.807) is 0 Å². The Kier molecular flexibility index (Phi) is 6.24. The second-order valence-electron chi connectivity index (χ2n) is 4.12. The van der Waals surface area contributed by atoms with Gasteiger partial charge in [0.25, 0.3) is 0 Å². The van der Waals surface area contributed by atoms with Crippen LogP contribution < -0.4 is 5.32 Å². The SMILES string of the molecule is C[Se]C(=NC(=O)c1ccc(Cl)nc1)NC(=O)c1ccc(Cl)nc1. The van der Waals surface area contributed by atoms with Gasteiger partial charge in [0, 0.05) is 0 Å². The van der Waals surface area contributed by atoms with E-state index in [0.29, 0.717) is 21.0 Å². The molecule has 2 heterocycles. The summed E-state index contributed by atoms with van der Waals surface area (Å²) in [4.78, 5) is 35.7. The first-order chi connectivity index (χ1) is 11.0. The maximum atomic E-state index is 12.1. The maximum absolute atomic E-state index is 12.1. The molecule has 118 valence electrons. The number of amides is 2. The number of hydrogen-bond acceptors (Lipinski definition) is 4. The Bertz CT molecular complexity index is 748.